The number of hydrogen-bond donors (Lipinski definition) is 1. The Morgan fingerprint density at radius 2 is 2.00 bits per heavy atom. The van der Waals surface area contributed by atoms with Crippen LogP contribution < -0.4 is 0 Å². The second kappa shape index (κ2) is 3.80. The van der Waals surface area contributed by atoms with Gasteiger partial charge in [-0.2, -0.15) is 0 Å². The van der Waals surface area contributed by atoms with Crippen molar-refractivity contribution in [2.45, 2.75) is 6.04 Å². The molecular weight excluding hydrogens is 168 g/mol. The number of halogens is 2. The van der Waals surface area contributed by atoms with Crippen molar-refractivity contribution in [3.63, 3.8) is 0 Å². The molecule has 1 aliphatic rings. The van der Waals surface area contributed by atoms with Crippen LogP contribution in [0.15, 0.2) is 0 Å². The maximum absolute atomic E-state index is 12.0. The van der Waals surface area contributed by atoms with Crippen molar-refractivity contribution in [1.82, 2.24) is 4.90 Å². The van der Waals surface area contributed by atoms with Crippen molar-refractivity contribution >= 4 is 5.97 Å². The van der Waals surface area contributed by atoms with E-state index in [0.717, 1.165) is 0 Å². The summed E-state index contributed by atoms with van der Waals surface area (Å²) in [6, 6.07) is -0.736. The predicted molar refractivity (Wildman–Crippen MR) is 38.4 cm³/mol. The molecule has 1 heterocycles. The summed E-state index contributed by atoms with van der Waals surface area (Å²) < 4.78 is 24.1. The monoisotopic (exact) mass is 179 g/mol. The van der Waals surface area contributed by atoms with Crippen molar-refractivity contribution in [3.05, 3.63) is 0 Å². The normalized spacial score (nSPS) is 19.6. The van der Waals surface area contributed by atoms with Crippen LogP contribution in [0.4, 0.5) is 8.78 Å². The van der Waals surface area contributed by atoms with E-state index in [1.54, 1.807) is 0 Å². The Labute approximate surface area is 69.0 Å². The molecule has 0 aromatic heterocycles. The van der Waals surface area contributed by atoms with Crippen LogP contribution in [-0.2, 0) is 4.79 Å². The van der Waals surface area contributed by atoms with Gasteiger partial charge >= 0.3 is 5.97 Å². The van der Waals surface area contributed by atoms with Crippen molar-refractivity contribution < 1.29 is 18.7 Å². The van der Waals surface area contributed by atoms with Crippen LogP contribution in [0.1, 0.15) is 0 Å². The highest BCUT2D eigenvalue weighted by molar-refractivity contribution is 5.71. The average Bonchev–Trinajstić information content (AvgIpc) is 1.94. The third kappa shape index (κ3) is 1.72. The average molecular weight is 179 g/mol. The minimum Gasteiger partial charge on any atom is -0.481 e. The van der Waals surface area contributed by atoms with E-state index in [0.29, 0.717) is 0 Å². The fourth-order valence-corrected chi connectivity index (χ4v) is 1.20. The van der Waals surface area contributed by atoms with Crippen LogP contribution in [0.3, 0.4) is 0 Å². The molecule has 0 spiro atoms. The quantitative estimate of drug-likeness (QED) is 0.675. The van der Waals surface area contributed by atoms with E-state index < -0.39 is 31.3 Å². The summed E-state index contributed by atoms with van der Waals surface area (Å²) in [4.78, 5) is 11.8. The molecule has 0 aromatic rings. The fourth-order valence-electron chi connectivity index (χ4n) is 1.20. The zero-order valence-electron chi connectivity index (χ0n) is 6.54. The van der Waals surface area contributed by atoms with Crippen LogP contribution in [0.25, 0.3) is 0 Å². The molecule has 3 nitrogen and oxygen atoms in total. The van der Waals surface area contributed by atoms with Crippen LogP contribution in [0, 0.1) is 5.92 Å². The number of likely N-dealkylation sites (tertiary alicyclic amines) is 1. The molecule has 5 heteroatoms. The number of carbonyl (C=O) groups is 1. The second-order valence-electron chi connectivity index (χ2n) is 2.95. The Morgan fingerprint density at radius 3 is 2.33 bits per heavy atom. The number of carboxylic acids is 1. The molecule has 1 N–H and O–H groups in total. The predicted octanol–water partition coefficient (Wildman–Crippen LogP) is 0.310. The van der Waals surface area contributed by atoms with Crippen LogP contribution in [0.2, 0.25) is 0 Å². The van der Waals surface area contributed by atoms with Gasteiger partial charge < -0.3 is 5.11 Å². The molecule has 1 rings (SSSR count). The minimum atomic E-state index is -0.886. The highest BCUT2D eigenvalue weighted by Crippen LogP contribution is 2.19. The Bertz CT molecular complexity index is 167. The number of rotatable bonds is 4. The van der Waals surface area contributed by atoms with Gasteiger partial charge in [0.05, 0.1) is 12.0 Å². The lowest BCUT2D eigenvalue weighted by Crippen LogP contribution is -2.56. The van der Waals surface area contributed by atoms with Gasteiger partial charge in [-0.15, -0.1) is 0 Å². The van der Waals surface area contributed by atoms with E-state index in [4.69, 9.17) is 5.11 Å². The van der Waals surface area contributed by atoms with Crippen molar-refractivity contribution in [2.24, 2.45) is 5.92 Å². The van der Waals surface area contributed by atoms with Gasteiger partial charge in [-0.05, 0) is 0 Å². The summed E-state index contributed by atoms with van der Waals surface area (Å²) in [5.74, 6) is -1.33. The van der Waals surface area contributed by atoms with Gasteiger partial charge in [0.15, 0.2) is 0 Å². The molecule has 0 unspecified atom stereocenters. The third-order valence-corrected chi connectivity index (χ3v) is 2.13. The Balaban J connectivity index is 2.28. The first kappa shape index (κ1) is 9.38. The summed E-state index contributed by atoms with van der Waals surface area (Å²) in [6.45, 7) is -0.951. The van der Waals surface area contributed by atoms with E-state index >= 15 is 0 Å². The zero-order valence-corrected chi connectivity index (χ0v) is 6.54. The Hall–Kier alpha value is -0.710. The first-order chi connectivity index (χ1) is 5.69. The Morgan fingerprint density at radius 1 is 1.50 bits per heavy atom. The smallest absolute Gasteiger partial charge is 0.309 e. The number of aliphatic carboxylic acids is 1. The largest absolute Gasteiger partial charge is 0.481 e. The maximum atomic E-state index is 12.0. The molecule has 12 heavy (non-hydrogen) atoms. The summed E-state index contributed by atoms with van der Waals surface area (Å²) in [5, 5.41) is 8.46. The molecule has 1 fully saturated rings. The van der Waals surface area contributed by atoms with Crippen molar-refractivity contribution in [3.8, 4) is 0 Å². The summed E-state index contributed by atoms with van der Waals surface area (Å²) in [7, 11) is 0. The number of carboxylic acid groups (broad SMARTS) is 1. The highest BCUT2D eigenvalue weighted by Gasteiger charge is 2.36. The molecule has 0 atom stereocenters. The lowest BCUT2D eigenvalue weighted by atomic mass is 9.98. The third-order valence-electron chi connectivity index (χ3n) is 2.13. The summed E-state index contributed by atoms with van der Waals surface area (Å²) in [6.07, 6.45) is 0. The molecule has 0 bridgehead atoms. The number of nitrogens with zero attached hydrogens (tertiary/aromatic N) is 1. The molecule has 1 aliphatic heterocycles. The lowest BCUT2D eigenvalue weighted by molar-refractivity contribution is -0.149. The summed E-state index contributed by atoms with van der Waals surface area (Å²) >= 11 is 0. The Kier molecular flexibility index (Phi) is 2.97. The zero-order chi connectivity index (χ0) is 9.14. The standard InChI is InChI=1S/C7H11F2NO2/c8-1-6(2-9)10-3-5(4-10)7(11)12/h5-6H,1-4H2,(H,11,12). The van der Waals surface area contributed by atoms with Gasteiger partial charge in [0.25, 0.3) is 0 Å². The number of alkyl halides is 2. The van der Waals surface area contributed by atoms with Crippen molar-refractivity contribution in [2.75, 3.05) is 26.4 Å². The molecule has 70 valence electrons. The SMILES string of the molecule is O=C(O)C1CN(C(CF)CF)C1. The summed E-state index contributed by atoms with van der Waals surface area (Å²) in [5.41, 5.74) is 0. The van der Waals surface area contributed by atoms with E-state index in [9.17, 15) is 13.6 Å². The van der Waals surface area contributed by atoms with E-state index in [-0.39, 0.29) is 13.1 Å². The molecule has 0 amide bonds. The van der Waals surface area contributed by atoms with Gasteiger partial charge in [-0.1, -0.05) is 0 Å². The van der Waals surface area contributed by atoms with Crippen LogP contribution in [-0.4, -0.2) is 48.5 Å². The molecule has 1 saturated heterocycles. The van der Waals surface area contributed by atoms with Gasteiger partial charge in [0.2, 0.25) is 0 Å². The fraction of sp³-hybridized carbons (Fsp3) is 0.857. The maximum Gasteiger partial charge on any atom is 0.309 e. The minimum absolute atomic E-state index is 0.272. The molecule has 0 saturated carbocycles. The molecule has 0 aliphatic carbocycles. The van der Waals surface area contributed by atoms with E-state index in [1.165, 1.54) is 4.90 Å². The highest BCUT2D eigenvalue weighted by atomic mass is 19.1. The lowest BCUT2D eigenvalue weighted by Gasteiger charge is -2.40. The number of hydrogen-bond acceptors (Lipinski definition) is 2. The molecule has 0 aromatic carbocycles. The van der Waals surface area contributed by atoms with Gasteiger partial charge in [0, 0.05) is 13.1 Å². The van der Waals surface area contributed by atoms with Crippen molar-refractivity contribution in [1.29, 1.82) is 0 Å². The van der Waals surface area contributed by atoms with E-state index in [2.05, 4.69) is 0 Å². The molecular formula is C7H11F2NO2. The second-order valence-corrected chi connectivity index (χ2v) is 2.95. The van der Waals surface area contributed by atoms with Crippen LogP contribution >= 0.6 is 0 Å². The molecule has 0 radical (unpaired) electrons. The van der Waals surface area contributed by atoms with Gasteiger partial charge in [0.1, 0.15) is 13.3 Å². The first-order valence-corrected chi connectivity index (χ1v) is 3.77. The first-order valence-electron chi connectivity index (χ1n) is 3.77. The van der Waals surface area contributed by atoms with Crippen LogP contribution in [0.5, 0.6) is 0 Å². The topological polar surface area (TPSA) is 40.5 Å². The van der Waals surface area contributed by atoms with Gasteiger partial charge in [-0.25, -0.2) is 8.78 Å². The van der Waals surface area contributed by atoms with E-state index in [1.807, 2.05) is 0 Å². The van der Waals surface area contributed by atoms with Gasteiger partial charge in [-0.3, -0.25) is 9.69 Å².